The molecule has 6 heteroatoms. The van der Waals surface area contributed by atoms with E-state index in [0.29, 0.717) is 16.3 Å². The van der Waals surface area contributed by atoms with Crippen molar-refractivity contribution in [2.24, 2.45) is 0 Å². The van der Waals surface area contributed by atoms with Crippen molar-refractivity contribution in [3.63, 3.8) is 0 Å². The maximum absolute atomic E-state index is 4.06. The first-order valence-electron chi connectivity index (χ1n) is 4.62. The van der Waals surface area contributed by atoms with Crippen molar-refractivity contribution >= 4 is 36.9 Å². The van der Waals surface area contributed by atoms with Gasteiger partial charge in [0.2, 0.25) is 5.95 Å². The molecule has 0 fully saturated rings. The van der Waals surface area contributed by atoms with Crippen molar-refractivity contribution in [1.82, 2.24) is 15.0 Å². The van der Waals surface area contributed by atoms with Gasteiger partial charge in [-0.2, -0.15) is 15.0 Å². The third-order valence-corrected chi connectivity index (χ3v) is 2.40. The number of para-hydroxylation sites is 1. The highest BCUT2D eigenvalue weighted by molar-refractivity contribution is 7.80. The summed E-state index contributed by atoms with van der Waals surface area (Å²) in [6, 6.07) is 7.88. The number of benzene rings is 1. The highest BCUT2D eigenvalue weighted by Crippen LogP contribution is 2.18. The topological polar surface area (TPSA) is 50.7 Å². The van der Waals surface area contributed by atoms with Crippen LogP contribution in [0, 0.1) is 6.92 Å². The highest BCUT2D eigenvalue weighted by Gasteiger charge is 2.03. The average Bonchev–Trinajstić information content (AvgIpc) is 2.20. The number of anilines is 2. The molecule has 0 radical (unpaired) electrons. The minimum absolute atomic E-state index is 0.344. The normalized spacial score (nSPS) is 10.2. The zero-order chi connectivity index (χ0) is 11.5. The lowest BCUT2D eigenvalue weighted by Crippen LogP contribution is -2.01. The predicted octanol–water partition coefficient (Wildman–Crippen LogP) is 2.50. The summed E-state index contributed by atoms with van der Waals surface area (Å²) in [4.78, 5) is 12.0. The summed E-state index contributed by atoms with van der Waals surface area (Å²) in [6.45, 7) is 2.01. The molecule has 0 spiro atoms. The summed E-state index contributed by atoms with van der Waals surface area (Å²) in [6.07, 6.45) is 0. The van der Waals surface area contributed by atoms with Gasteiger partial charge < -0.3 is 5.32 Å². The van der Waals surface area contributed by atoms with E-state index >= 15 is 0 Å². The fourth-order valence-corrected chi connectivity index (χ4v) is 1.70. The Balaban J connectivity index is 2.30. The molecular weight excluding hydrogens is 240 g/mol. The van der Waals surface area contributed by atoms with Crippen LogP contribution in [0.2, 0.25) is 0 Å². The zero-order valence-electron chi connectivity index (χ0n) is 8.55. The molecule has 1 N–H and O–H groups in total. The molecule has 2 aromatic rings. The Hall–Kier alpha value is -1.27. The first-order chi connectivity index (χ1) is 7.65. The third kappa shape index (κ3) is 2.65. The Bertz CT molecular complexity index is 496. The molecule has 0 unspecified atom stereocenters. The standard InChI is InChI=1S/C10H10N4S2/c1-6-4-2-3-5-7(6)11-8-12-9(15)14-10(16)13-8/h2-5H,1H3,(H3,11,12,13,14,15,16). The summed E-state index contributed by atoms with van der Waals surface area (Å²) in [5, 5.41) is 3.78. The molecule has 0 aliphatic heterocycles. The Kier molecular flexibility index (Phi) is 3.31. The number of aromatic nitrogens is 3. The summed E-state index contributed by atoms with van der Waals surface area (Å²) in [7, 11) is 0. The van der Waals surface area contributed by atoms with Crippen LogP contribution in [0.4, 0.5) is 11.6 Å². The lowest BCUT2D eigenvalue weighted by atomic mass is 10.2. The lowest BCUT2D eigenvalue weighted by molar-refractivity contribution is 0.817. The zero-order valence-corrected chi connectivity index (χ0v) is 10.3. The van der Waals surface area contributed by atoms with Crippen molar-refractivity contribution in [3.05, 3.63) is 29.8 Å². The van der Waals surface area contributed by atoms with Gasteiger partial charge >= 0.3 is 0 Å². The van der Waals surface area contributed by atoms with Gasteiger partial charge in [0.1, 0.15) is 0 Å². The molecule has 4 nitrogen and oxygen atoms in total. The summed E-state index contributed by atoms with van der Waals surface area (Å²) in [5.41, 5.74) is 2.07. The van der Waals surface area contributed by atoms with Crippen molar-refractivity contribution in [2.45, 2.75) is 17.2 Å². The molecule has 0 aliphatic rings. The fraction of sp³-hybridized carbons (Fsp3) is 0.100. The van der Waals surface area contributed by atoms with Crippen LogP contribution in [0.15, 0.2) is 34.6 Å². The quantitative estimate of drug-likeness (QED) is 0.717. The van der Waals surface area contributed by atoms with Crippen molar-refractivity contribution in [1.29, 1.82) is 0 Å². The molecule has 0 atom stereocenters. The van der Waals surface area contributed by atoms with Crippen LogP contribution < -0.4 is 5.32 Å². The number of hydrogen-bond acceptors (Lipinski definition) is 6. The number of hydrogen-bond donors (Lipinski definition) is 3. The minimum Gasteiger partial charge on any atom is -0.324 e. The molecule has 2 rings (SSSR count). The van der Waals surface area contributed by atoms with Gasteiger partial charge in [-0.15, -0.1) is 25.3 Å². The Morgan fingerprint density at radius 3 is 2.25 bits per heavy atom. The van der Waals surface area contributed by atoms with Crippen molar-refractivity contribution < 1.29 is 0 Å². The summed E-state index contributed by atoms with van der Waals surface area (Å²) < 4.78 is 0. The van der Waals surface area contributed by atoms with Crippen LogP contribution in [-0.2, 0) is 0 Å². The molecule has 0 saturated heterocycles. The number of rotatable bonds is 2. The van der Waals surface area contributed by atoms with Gasteiger partial charge in [0.05, 0.1) is 0 Å². The Labute approximate surface area is 104 Å². The van der Waals surface area contributed by atoms with Gasteiger partial charge in [0.15, 0.2) is 10.3 Å². The average molecular weight is 250 g/mol. The van der Waals surface area contributed by atoms with Crippen molar-refractivity contribution in [3.8, 4) is 0 Å². The van der Waals surface area contributed by atoms with Gasteiger partial charge in [-0.3, -0.25) is 0 Å². The first kappa shape index (κ1) is 11.2. The highest BCUT2D eigenvalue weighted by atomic mass is 32.1. The molecule has 0 bridgehead atoms. The van der Waals surface area contributed by atoms with Crippen LogP contribution in [-0.4, -0.2) is 15.0 Å². The van der Waals surface area contributed by atoms with Gasteiger partial charge in [-0.25, -0.2) is 0 Å². The van der Waals surface area contributed by atoms with E-state index in [1.165, 1.54) is 0 Å². The molecule has 1 heterocycles. The molecule has 1 aromatic carbocycles. The molecule has 1 aromatic heterocycles. The Morgan fingerprint density at radius 2 is 1.62 bits per heavy atom. The van der Waals surface area contributed by atoms with Gasteiger partial charge in [-0.1, -0.05) is 18.2 Å². The minimum atomic E-state index is 0.344. The fourth-order valence-electron chi connectivity index (χ4n) is 1.24. The molecule has 82 valence electrons. The smallest absolute Gasteiger partial charge is 0.232 e. The second-order valence-electron chi connectivity index (χ2n) is 3.20. The number of nitrogens with zero attached hydrogens (tertiary/aromatic N) is 3. The van der Waals surface area contributed by atoms with Crippen LogP contribution in [0.25, 0.3) is 0 Å². The monoisotopic (exact) mass is 250 g/mol. The summed E-state index contributed by atoms with van der Waals surface area (Å²) >= 11 is 8.13. The van der Waals surface area contributed by atoms with Crippen LogP contribution >= 0.6 is 25.3 Å². The van der Waals surface area contributed by atoms with E-state index in [0.717, 1.165) is 11.3 Å². The summed E-state index contributed by atoms with van der Waals surface area (Å²) in [5.74, 6) is 0.444. The molecule has 16 heavy (non-hydrogen) atoms. The van der Waals surface area contributed by atoms with E-state index in [2.05, 4.69) is 45.5 Å². The lowest BCUT2D eigenvalue weighted by Gasteiger charge is -2.07. The maximum Gasteiger partial charge on any atom is 0.232 e. The maximum atomic E-state index is 4.06. The van der Waals surface area contributed by atoms with Gasteiger partial charge in [0, 0.05) is 5.69 Å². The molecule has 0 saturated carbocycles. The van der Waals surface area contributed by atoms with E-state index in [1.54, 1.807) is 0 Å². The van der Waals surface area contributed by atoms with E-state index in [-0.39, 0.29) is 0 Å². The van der Waals surface area contributed by atoms with Crippen LogP contribution in [0.3, 0.4) is 0 Å². The second kappa shape index (κ2) is 4.71. The first-order valence-corrected chi connectivity index (χ1v) is 5.51. The van der Waals surface area contributed by atoms with E-state index in [4.69, 9.17) is 0 Å². The van der Waals surface area contributed by atoms with E-state index in [1.807, 2.05) is 31.2 Å². The third-order valence-electron chi connectivity index (χ3n) is 2.00. The molecule has 0 aliphatic carbocycles. The largest absolute Gasteiger partial charge is 0.324 e. The van der Waals surface area contributed by atoms with E-state index < -0.39 is 0 Å². The molecule has 0 amide bonds. The van der Waals surface area contributed by atoms with Crippen molar-refractivity contribution in [2.75, 3.05) is 5.32 Å². The van der Waals surface area contributed by atoms with Gasteiger partial charge in [-0.05, 0) is 18.6 Å². The number of aryl methyl sites for hydroxylation is 1. The predicted molar refractivity (Wildman–Crippen MR) is 68.8 cm³/mol. The number of nitrogens with one attached hydrogen (secondary N) is 1. The second-order valence-corrected chi connectivity index (χ2v) is 4.00. The van der Waals surface area contributed by atoms with E-state index in [9.17, 15) is 0 Å². The molecular formula is C10H10N4S2. The van der Waals surface area contributed by atoms with Crippen LogP contribution in [0.1, 0.15) is 5.56 Å². The van der Waals surface area contributed by atoms with Gasteiger partial charge in [0.25, 0.3) is 0 Å². The Morgan fingerprint density at radius 1 is 1.00 bits per heavy atom. The SMILES string of the molecule is Cc1ccccc1Nc1nc(S)nc(S)n1. The van der Waals surface area contributed by atoms with Crippen LogP contribution in [0.5, 0.6) is 0 Å². The number of thiol groups is 2.